The second-order valence-electron chi connectivity index (χ2n) is 8.49. The third kappa shape index (κ3) is 5.78. The van der Waals surface area contributed by atoms with Crippen molar-refractivity contribution in [2.45, 2.75) is 13.5 Å². The molecule has 0 bridgehead atoms. The summed E-state index contributed by atoms with van der Waals surface area (Å²) in [5.74, 6) is 1.17. The number of piperazine rings is 1. The summed E-state index contributed by atoms with van der Waals surface area (Å²) in [6, 6.07) is 12.9. The van der Waals surface area contributed by atoms with Crippen molar-refractivity contribution in [2.75, 3.05) is 45.2 Å². The maximum Gasteiger partial charge on any atom is 0.260 e. The average molecular weight is 500 g/mol. The van der Waals surface area contributed by atoms with Gasteiger partial charge in [0, 0.05) is 56.0 Å². The minimum Gasteiger partial charge on any atom is -0.438 e. The van der Waals surface area contributed by atoms with E-state index in [0.717, 1.165) is 37.3 Å². The number of likely N-dealkylation sites (N-methyl/N-ethyl adjacent to an activating group) is 1. The number of carbonyl (C=O) groups is 1. The number of carbonyl (C=O) groups excluding carboxylic acids is 1. The molecule has 0 saturated carbocycles. The molecule has 2 aromatic carbocycles. The van der Waals surface area contributed by atoms with Crippen molar-refractivity contribution < 1.29 is 9.53 Å². The maximum absolute atomic E-state index is 13.4. The van der Waals surface area contributed by atoms with Crippen molar-refractivity contribution in [2.24, 2.45) is 0 Å². The third-order valence-electron chi connectivity index (χ3n) is 5.75. The maximum atomic E-state index is 13.4. The molecule has 3 aromatic rings. The van der Waals surface area contributed by atoms with Crippen LogP contribution in [0.15, 0.2) is 48.7 Å². The molecule has 1 aliphatic rings. The fourth-order valence-electron chi connectivity index (χ4n) is 3.77. The van der Waals surface area contributed by atoms with Crippen LogP contribution in [0.2, 0.25) is 10.0 Å². The van der Waals surface area contributed by atoms with Crippen LogP contribution in [0, 0.1) is 6.92 Å². The predicted octanol–water partition coefficient (Wildman–Crippen LogP) is 4.91. The Morgan fingerprint density at radius 3 is 2.44 bits per heavy atom. The molecule has 9 heteroatoms. The van der Waals surface area contributed by atoms with E-state index in [1.165, 1.54) is 0 Å². The van der Waals surface area contributed by atoms with Gasteiger partial charge in [-0.2, -0.15) is 4.98 Å². The van der Waals surface area contributed by atoms with Crippen molar-refractivity contribution in [1.29, 1.82) is 0 Å². The number of amides is 1. The Kier molecular flexibility index (Phi) is 7.56. The summed E-state index contributed by atoms with van der Waals surface area (Å²) in [5, 5.41) is 1.04. The van der Waals surface area contributed by atoms with Crippen molar-refractivity contribution in [3.63, 3.8) is 0 Å². The normalized spacial score (nSPS) is 14.2. The van der Waals surface area contributed by atoms with Crippen molar-refractivity contribution in [3.05, 3.63) is 75.4 Å². The van der Waals surface area contributed by atoms with Crippen LogP contribution in [0.5, 0.6) is 11.6 Å². The van der Waals surface area contributed by atoms with Gasteiger partial charge >= 0.3 is 0 Å². The quantitative estimate of drug-likeness (QED) is 0.480. The molecule has 178 valence electrons. The van der Waals surface area contributed by atoms with Gasteiger partial charge in [0.2, 0.25) is 11.8 Å². The van der Waals surface area contributed by atoms with Gasteiger partial charge in [-0.1, -0.05) is 41.4 Å². The fourth-order valence-corrected chi connectivity index (χ4v) is 4.34. The SMILES string of the molecule is Cc1ccccc1Oc1nc(N2CCN(C)CC2)ncc1C(=O)N(C)Cc1cc(Cl)cc(Cl)c1. The topological polar surface area (TPSA) is 61.8 Å². The van der Waals surface area contributed by atoms with E-state index in [0.29, 0.717) is 28.3 Å². The second kappa shape index (κ2) is 10.6. The predicted molar refractivity (Wildman–Crippen MR) is 135 cm³/mol. The molecule has 0 spiro atoms. The molecule has 7 nitrogen and oxygen atoms in total. The van der Waals surface area contributed by atoms with Crippen molar-refractivity contribution >= 4 is 35.1 Å². The molecule has 4 rings (SSSR count). The molecule has 0 aliphatic carbocycles. The van der Waals surface area contributed by atoms with Crippen LogP contribution in [0.1, 0.15) is 21.5 Å². The third-order valence-corrected chi connectivity index (χ3v) is 6.18. The number of hydrogen-bond acceptors (Lipinski definition) is 6. The van der Waals surface area contributed by atoms with Crippen LogP contribution >= 0.6 is 23.2 Å². The first kappa shape index (κ1) is 24.3. The van der Waals surface area contributed by atoms with E-state index in [4.69, 9.17) is 27.9 Å². The number of ether oxygens (including phenoxy) is 1. The number of aromatic nitrogens is 2. The Labute approximate surface area is 209 Å². The van der Waals surface area contributed by atoms with Crippen LogP contribution in [0.3, 0.4) is 0 Å². The van der Waals surface area contributed by atoms with Gasteiger partial charge in [0.1, 0.15) is 11.3 Å². The van der Waals surface area contributed by atoms with Gasteiger partial charge in [-0.25, -0.2) is 4.98 Å². The zero-order valence-corrected chi connectivity index (χ0v) is 21.0. The van der Waals surface area contributed by atoms with Gasteiger partial charge < -0.3 is 19.4 Å². The molecular weight excluding hydrogens is 473 g/mol. The minimum atomic E-state index is -0.260. The van der Waals surface area contributed by atoms with E-state index in [1.807, 2.05) is 31.2 Å². The molecule has 0 N–H and O–H groups in total. The lowest BCUT2D eigenvalue weighted by molar-refractivity contribution is 0.0781. The van der Waals surface area contributed by atoms with E-state index in [2.05, 4.69) is 26.8 Å². The number of benzene rings is 2. The van der Waals surface area contributed by atoms with Crippen molar-refractivity contribution in [3.8, 4) is 11.6 Å². The first-order valence-electron chi connectivity index (χ1n) is 11.0. The van der Waals surface area contributed by atoms with Gasteiger partial charge in [0.25, 0.3) is 5.91 Å². The molecule has 0 radical (unpaired) electrons. The molecule has 34 heavy (non-hydrogen) atoms. The first-order valence-corrected chi connectivity index (χ1v) is 11.8. The monoisotopic (exact) mass is 499 g/mol. The summed E-state index contributed by atoms with van der Waals surface area (Å²) >= 11 is 12.3. The average Bonchev–Trinajstić information content (AvgIpc) is 2.80. The Morgan fingerprint density at radius 1 is 1.09 bits per heavy atom. The smallest absolute Gasteiger partial charge is 0.260 e. The molecule has 2 heterocycles. The molecule has 1 fully saturated rings. The highest BCUT2D eigenvalue weighted by molar-refractivity contribution is 6.34. The zero-order chi connectivity index (χ0) is 24.2. The summed E-state index contributed by atoms with van der Waals surface area (Å²) in [4.78, 5) is 28.6. The van der Waals surface area contributed by atoms with Crippen LogP contribution in [0.4, 0.5) is 5.95 Å². The number of hydrogen-bond donors (Lipinski definition) is 0. The number of halogens is 2. The highest BCUT2D eigenvalue weighted by Gasteiger charge is 2.24. The van der Waals surface area contributed by atoms with Gasteiger partial charge in [-0.15, -0.1) is 0 Å². The fraction of sp³-hybridized carbons (Fsp3) is 0.320. The van der Waals surface area contributed by atoms with Crippen LogP contribution in [0.25, 0.3) is 0 Å². The Balaban J connectivity index is 1.64. The molecule has 0 unspecified atom stereocenters. The Morgan fingerprint density at radius 2 is 1.76 bits per heavy atom. The van der Waals surface area contributed by atoms with Crippen molar-refractivity contribution in [1.82, 2.24) is 19.8 Å². The number of para-hydroxylation sites is 1. The van der Waals surface area contributed by atoms with E-state index >= 15 is 0 Å². The van der Waals surface area contributed by atoms with Gasteiger partial charge in [-0.05, 0) is 49.4 Å². The lowest BCUT2D eigenvalue weighted by Gasteiger charge is -2.32. The van der Waals surface area contributed by atoms with E-state index in [1.54, 1.807) is 36.3 Å². The highest BCUT2D eigenvalue weighted by Crippen LogP contribution is 2.29. The summed E-state index contributed by atoms with van der Waals surface area (Å²) in [6.07, 6.45) is 1.55. The first-order chi connectivity index (χ1) is 16.3. The molecule has 1 aromatic heterocycles. The Bertz CT molecular complexity index is 1160. The van der Waals surface area contributed by atoms with Gasteiger partial charge in [-0.3, -0.25) is 4.79 Å². The van der Waals surface area contributed by atoms with Crippen LogP contribution in [-0.4, -0.2) is 65.9 Å². The summed E-state index contributed by atoms with van der Waals surface area (Å²) in [7, 11) is 3.80. The standard InChI is InChI=1S/C25H27Cl2N5O2/c1-17-6-4-5-7-22(17)34-23-21(15-28-25(29-23)32-10-8-30(2)9-11-32)24(33)31(3)16-18-12-19(26)14-20(27)13-18/h4-7,12-15H,8-11,16H2,1-3H3. The largest absolute Gasteiger partial charge is 0.438 e. The number of nitrogens with zero attached hydrogens (tertiary/aromatic N) is 5. The minimum absolute atomic E-state index is 0.235. The van der Waals surface area contributed by atoms with E-state index in [-0.39, 0.29) is 17.4 Å². The molecular formula is C25H27Cl2N5O2. The molecule has 0 atom stereocenters. The number of rotatable bonds is 6. The summed E-state index contributed by atoms with van der Waals surface area (Å²) in [6.45, 7) is 5.73. The molecule has 1 amide bonds. The van der Waals surface area contributed by atoms with Crippen LogP contribution in [-0.2, 0) is 6.54 Å². The number of aryl methyl sites for hydroxylation is 1. The summed E-state index contributed by atoms with van der Waals surface area (Å²) < 4.78 is 6.17. The zero-order valence-electron chi connectivity index (χ0n) is 19.5. The Hall–Kier alpha value is -2.87. The van der Waals surface area contributed by atoms with Gasteiger partial charge in [0.15, 0.2) is 0 Å². The lowest BCUT2D eigenvalue weighted by atomic mass is 10.2. The number of anilines is 1. The molecule has 1 aliphatic heterocycles. The second-order valence-corrected chi connectivity index (χ2v) is 9.36. The highest BCUT2D eigenvalue weighted by atomic mass is 35.5. The van der Waals surface area contributed by atoms with Gasteiger partial charge in [0.05, 0.1) is 0 Å². The summed E-state index contributed by atoms with van der Waals surface area (Å²) in [5.41, 5.74) is 2.06. The van der Waals surface area contributed by atoms with E-state index in [9.17, 15) is 4.79 Å². The molecule has 1 saturated heterocycles. The lowest BCUT2D eigenvalue weighted by Crippen LogP contribution is -2.45. The van der Waals surface area contributed by atoms with E-state index < -0.39 is 0 Å². The van der Waals surface area contributed by atoms with Crippen LogP contribution < -0.4 is 9.64 Å².